The van der Waals surface area contributed by atoms with Gasteiger partial charge in [0.15, 0.2) is 0 Å². The predicted molar refractivity (Wildman–Crippen MR) is 230 cm³/mol. The monoisotopic (exact) mass is 863 g/mol. The number of carbonyl (C=O) groups excluding carboxylic acids is 4. The van der Waals surface area contributed by atoms with Crippen LogP contribution in [0, 0.1) is 29.6 Å². The van der Waals surface area contributed by atoms with Crippen LogP contribution in [0.15, 0.2) is 36.0 Å². The summed E-state index contributed by atoms with van der Waals surface area (Å²) >= 11 is 1.61. The predicted octanol–water partition coefficient (Wildman–Crippen LogP) is 5.98. The number of nitrogens with zero attached hydrogens (tertiary/aromatic N) is 1. The van der Waals surface area contributed by atoms with Gasteiger partial charge in [-0.2, -0.15) is 0 Å². The fourth-order valence-electron chi connectivity index (χ4n) is 9.75. The average molecular weight is 864 g/mol. The zero-order valence-electron chi connectivity index (χ0n) is 37.5. The molecule has 14 unspecified atom stereocenters. The van der Waals surface area contributed by atoms with E-state index in [2.05, 4.69) is 12.7 Å². The molecule has 2 saturated heterocycles. The van der Waals surface area contributed by atoms with Gasteiger partial charge < -0.3 is 43.5 Å². The molecule has 3 aliphatic heterocycles. The summed E-state index contributed by atoms with van der Waals surface area (Å²) in [6, 6.07) is -1.13. The van der Waals surface area contributed by atoms with Crippen molar-refractivity contribution in [2.75, 3.05) is 40.1 Å². The molecular formula is C46H73NO12S. The molecule has 0 radical (unpaired) electrons. The minimum Gasteiger partial charge on any atom is -0.456 e. The van der Waals surface area contributed by atoms with Gasteiger partial charge >= 0.3 is 5.97 Å². The maximum atomic E-state index is 14.4. The van der Waals surface area contributed by atoms with E-state index in [0.29, 0.717) is 50.0 Å². The van der Waals surface area contributed by atoms with Crippen LogP contribution in [-0.2, 0) is 47.6 Å². The molecule has 0 aromatic rings. The van der Waals surface area contributed by atoms with Crippen molar-refractivity contribution < 1.29 is 57.8 Å². The molecular weight excluding hydrogens is 791 g/mol. The fourth-order valence-corrected chi connectivity index (χ4v) is 10.1. The summed E-state index contributed by atoms with van der Waals surface area (Å²) < 4.78 is 36.2. The van der Waals surface area contributed by atoms with E-state index >= 15 is 0 Å². The third-order valence-electron chi connectivity index (χ3n) is 13.2. The topological polar surface area (TPSA) is 167 Å². The van der Waals surface area contributed by atoms with Gasteiger partial charge in [-0.1, -0.05) is 44.6 Å². The van der Waals surface area contributed by atoms with E-state index in [4.69, 9.17) is 28.4 Å². The summed E-state index contributed by atoms with van der Waals surface area (Å²) in [5.74, 6) is -7.01. The SMILES string of the molecule is C=CCC1/C=C(/C)CC(C)CC(OC)C2OC(O)(C(=O)C(=O)N3CCCCC3C(=O)OC(/C(C)=C/C3CCC(OCSC)C(OC)C3)C(C)C(O)CC1=O)C(C)CC2OC. The molecule has 14 atom stereocenters. The molecule has 0 spiro atoms. The molecule has 1 amide bonds. The Kier molecular flexibility index (Phi) is 19.5. The van der Waals surface area contributed by atoms with Crippen LogP contribution in [0.1, 0.15) is 105 Å². The van der Waals surface area contributed by atoms with E-state index in [1.165, 1.54) is 19.1 Å². The lowest BCUT2D eigenvalue weighted by Crippen LogP contribution is -2.64. The number of methoxy groups -OCH3 is 3. The number of allylic oxidation sites excluding steroid dienone is 4. The molecule has 4 rings (SSSR count). The van der Waals surface area contributed by atoms with Crippen molar-refractivity contribution in [1.29, 1.82) is 0 Å². The Morgan fingerprint density at radius 1 is 0.967 bits per heavy atom. The highest BCUT2D eigenvalue weighted by molar-refractivity contribution is 7.98. The number of cyclic esters (lactones) is 1. The number of fused-ring (bicyclic) bond motifs is 3. The van der Waals surface area contributed by atoms with Crippen molar-refractivity contribution in [3.63, 3.8) is 0 Å². The minimum absolute atomic E-state index is 0.0150. The standard InChI is InChI=1S/C46H73NO12S/c1-11-14-33-20-27(2)19-28(3)21-39(55-8)42-40(56-9)23-30(5)46(53,59-42)43(50)44(51)47-18-13-12-15-34(47)45(52)58-41(31(6)35(48)25-36(33)49)29(4)22-32-16-17-37(57-26-60-10)38(24-32)54-7/h11,20,22,28,30-35,37-42,48,53H,1,12-19,21,23-26H2,2-10H3/b27-20-,29-22+. The molecule has 14 heteroatoms. The second kappa shape index (κ2) is 23.3. The average Bonchev–Trinajstić information content (AvgIpc) is 3.23. The van der Waals surface area contributed by atoms with Crippen LogP contribution < -0.4 is 0 Å². The molecule has 3 heterocycles. The first-order valence-corrected chi connectivity index (χ1v) is 23.2. The summed E-state index contributed by atoms with van der Waals surface area (Å²) in [5.41, 5.74) is 1.67. The van der Waals surface area contributed by atoms with Crippen LogP contribution in [0.3, 0.4) is 0 Å². The van der Waals surface area contributed by atoms with Crippen molar-refractivity contribution >= 4 is 35.2 Å². The third kappa shape index (κ3) is 12.4. The van der Waals surface area contributed by atoms with Crippen LogP contribution in [0.5, 0.6) is 0 Å². The van der Waals surface area contributed by atoms with Gasteiger partial charge in [0.05, 0.1) is 36.5 Å². The quantitative estimate of drug-likeness (QED) is 0.114. The summed E-state index contributed by atoms with van der Waals surface area (Å²) in [5, 5.41) is 23.9. The number of hydrogen-bond acceptors (Lipinski definition) is 13. The van der Waals surface area contributed by atoms with Gasteiger partial charge in [-0.05, 0) is 102 Å². The number of thioether (sulfide) groups is 1. The van der Waals surface area contributed by atoms with Crippen molar-refractivity contribution in [2.24, 2.45) is 29.6 Å². The summed E-state index contributed by atoms with van der Waals surface area (Å²) in [6.07, 6.45) is 8.47. The zero-order chi connectivity index (χ0) is 44.3. The van der Waals surface area contributed by atoms with Crippen LogP contribution in [0.4, 0.5) is 0 Å². The molecule has 0 aromatic carbocycles. The number of ketones is 2. The van der Waals surface area contributed by atoms with Crippen LogP contribution in [0.25, 0.3) is 0 Å². The summed E-state index contributed by atoms with van der Waals surface area (Å²) in [4.78, 5) is 58.2. The Bertz CT molecular complexity index is 1540. The maximum absolute atomic E-state index is 14.4. The molecule has 1 saturated carbocycles. The zero-order valence-corrected chi connectivity index (χ0v) is 38.3. The largest absolute Gasteiger partial charge is 0.456 e. The number of amides is 1. The number of carbonyl (C=O) groups is 4. The number of piperidine rings is 1. The molecule has 2 N–H and O–H groups in total. The third-order valence-corrected chi connectivity index (χ3v) is 13.6. The van der Waals surface area contributed by atoms with Gasteiger partial charge in [-0.15, -0.1) is 18.3 Å². The molecule has 2 bridgehead atoms. The normalized spacial score (nSPS) is 39.5. The second-order valence-electron chi connectivity index (χ2n) is 17.8. The van der Waals surface area contributed by atoms with Crippen LogP contribution in [0.2, 0.25) is 0 Å². The van der Waals surface area contributed by atoms with Gasteiger partial charge in [0.2, 0.25) is 5.79 Å². The van der Waals surface area contributed by atoms with Crippen molar-refractivity contribution in [2.45, 2.75) is 160 Å². The van der Waals surface area contributed by atoms with Gasteiger partial charge in [0.1, 0.15) is 24.0 Å². The first kappa shape index (κ1) is 50.2. The smallest absolute Gasteiger partial charge is 0.329 e. The summed E-state index contributed by atoms with van der Waals surface area (Å²) in [6.45, 7) is 13.3. The van der Waals surface area contributed by atoms with Crippen molar-refractivity contribution in [3.8, 4) is 0 Å². The lowest BCUT2D eigenvalue weighted by molar-refractivity contribution is -0.302. The molecule has 4 aliphatic rings. The Morgan fingerprint density at radius 2 is 1.65 bits per heavy atom. The van der Waals surface area contributed by atoms with E-state index in [9.17, 15) is 29.4 Å². The number of aliphatic hydroxyl groups excluding tert-OH is 1. The number of ether oxygens (including phenoxy) is 6. The highest BCUT2D eigenvalue weighted by Crippen LogP contribution is 2.39. The van der Waals surface area contributed by atoms with Gasteiger partial charge in [-0.3, -0.25) is 14.4 Å². The minimum atomic E-state index is -2.50. The van der Waals surface area contributed by atoms with E-state index < -0.39 is 77.8 Å². The number of aliphatic hydroxyl groups is 2. The number of rotatable bonds is 10. The highest BCUT2D eigenvalue weighted by atomic mass is 32.2. The number of hydrogen-bond donors (Lipinski definition) is 2. The van der Waals surface area contributed by atoms with E-state index in [1.807, 2.05) is 33.1 Å². The van der Waals surface area contributed by atoms with E-state index in [1.54, 1.807) is 38.8 Å². The Balaban J connectivity index is 1.76. The number of Topliss-reactive ketones (excluding diaryl/α,β-unsaturated/α-hetero) is 2. The first-order chi connectivity index (χ1) is 28.5. The van der Waals surface area contributed by atoms with E-state index in [0.717, 1.165) is 18.4 Å². The molecule has 3 fully saturated rings. The fraction of sp³-hybridized carbons (Fsp3) is 0.783. The Labute approximate surface area is 362 Å². The summed E-state index contributed by atoms with van der Waals surface area (Å²) in [7, 11) is 4.74. The van der Waals surface area contributed by atoms with Gasteiger partial charge in [0.25, 0.3) is 11.7 Å². The second-order valence-corrected chi connectivity index (χ2v) is 18.6. The van der Waals surface area contributed by atoms with Crippen molar-refractivity contribution in [3.05, 3.63) is 36.0 Å². The molecule has 1 aliphatic carbocycles. The molecule has 13 nitrogen and oxygen atoms in total. The Hall–Kier alpha value is -2.43. The first-order valence-electron chi connectivity index (χ1n) is 21.8. The van der Waals surface area contributed by atoms with Gasteiger partial charge in [0, 0.05) is 52.0 Å². The molecule has 60 heavy (non-hydrogen) atoms. The number of esters is 1. The lowest BCUT2D eigenvalue weighted by Gasteiger charge is -2.47. The van der Waals surface area contributed by atoms with E-state index in [-0.39, 0.29) is 55.6 Å². The molecule has 340 valence electrons. The van der Waals surface area contributed by atoms with Crippen LogP contribution >= 0.6 is 11.8 Å². The Morgan fingerprint density at radius 3 is 2.30 bits per heavy atom. The lowest BCUT2D eigenvalue weighted by atomic mass is 9.81. The van der Waals surface area contributed by atoms with Gasteiger partial charge in [-0.25, -0.2) is 4.79 Å². The maximum Gasteiger partial charge on any atom is 0.329 e. The van der Waals surface area contributed by atoms with Crippen LogP contribution in [-0.4, -0.2) is 133 Å². The van der Waals surface area contributed by atoms with Crippen molar-refractivity contribution in [1.82, 2.24) is 4.90 Å². The molecule has 0 aromatic heterocycles. The highest BCUT2D eigenvalue weighted by Gasteiger charge is 2.56.